The molecule has 0 aliphatic rings. The van der Waals surface area contributed by atoms with Crippen molar-refractivity contribution in [2.24, 2.45) is 0 Å². The fraction of sp³-hybridized carbons (Fsp3) is 0.474. The van der Waals surface area contributed by atoms with E-state index in [9.17, 15) is 0 Å². The van der Waals surface area contributed by atoms with Crippen LogP contribution in [0, 0.1) is 0 Å². The van der Waals surface area contributed by atoms with E-state index in [1.54, 1.807) is 0 Å². The van der Waals surface area contributed by atoms with Crippen molar-refractivity contribution in [3.05, 3.63) is 60.7 Å². The van der Waals surface area contributed by atoms with E-state index >= 15 is 0 Å². The van der Waals surface area contributed by atoms with Crippen LogP contribution in [0.3, 0.4) is 0 Å². The third-order valence-electron chi connectivity index (χ3n) is 3.27. The summed E-state index contributed by atoms with van der Waals surface area (Å²) >= 11 is 0. The second-order valence-electron chi connectivity index (χ2n) is 6.51. The molecule has 0 amide bonds. The van der Waals surface area contributed by atoms with Crippen LogP contribution in [0.15, 0.2) is 49.6 Å². The molecule has 0 radical (unpaired) electrons. The van der Waals surface area contributed by atoms with Gasteiger partial charge in [-0.3, -0.25) is 4.90 Å². The van der Waals surface area contributed by atoms with E-state index in [1.165, 1.54) is 11.1 Å². The van der Waals surface area contributed by atoms with Crippen molar-refractivity contribution >= 4 is 0 Å². The zero-order valence-corrected chi connectivity index (χ0v) is 13.9. The zero-order chi connectivity index (χ0) is 15.7. The van der Waals surface area contributed by atoms with Crippen LogP contribution in [-0.2, 0) is 13.0 Å². The average Bonchev–Trinajstić information content (AvgIpc) is 2.40. The van der Waals surface area contributed by atoms with E-state index in [-0.39, 0.29) is 5.54 Å². The largest absolute Gasteiger partial charge is 0.312 e. The van der Waals surface area contributed by atoms with Crippen molar-refractivity contribution in [2.75, 3.05) is 19.6 Å². The summed E-state index contributed by atoms with van der Waals surface area (Å²) in [5, 5.41) is 3.52. The second kappa shape index (κ2) is 8.81. The molecule has 0 aliphatic carbocycles. The van der Waals surface area contributed by atoms with Gasteiger partial charge in [0.05, 0.1) is 0 Å². The first-order valence-electron chi connectivity index (χ1n) is 7.71. The Hall–Kier alpha value is -1.38. The fourth-order valence-corrected chi connectivity index (χ4v) is 2.22. The quantitative estimate of drug-likeness (QED) is 0.695. The summed E-state index contributed by atoms with van der Waals surface area (Å²) in [5.41, 5.74) is 2.91. The van der Waals surface area contributed by atoms with Crippen molar-refractivity contribution < 1.29 is 0 Å². The molecule has 0 aliphatic heterocycles. The molecule has 0 spiro atoms. The minimum absolute atomic E-state index is 0.190. The van der Waals surface area contributed by atoms with Crippen molar-refractivity contribution in [1.29, 1.82) is 0 Å². The smallest absolute Gasteiger partial charge is 0.0240 e. The Bertz CT molecular complexity index is 416. The lowest BCUT2D eigenvalue weighted by Crippen LogP contribution is -2.37. The molecule has 21 heavy (non-hydrogen) atoms. The molecule has 116 valence electrons. The molecule has 0 bridgehead atoms. The van der Waals surface area contributed by atoms with Gasteiger partial charge in [-0.2, -0.15) is 0 Å². The van der Waals surface area contributed by atoms with Crippen LogP contribution in [0.25, 0.3) is 0 Å². The lowest BCUT2D eigenvalue weighted by atomic mass is 10.1. The van der Waals surface area contributed by atoms with E-state index in [0.717, 1.165) is 32.6 Å². The van der Waals surface area contributed by atoms with Gasteiger partial charge in [-0.05, 0) is 44.9 Å². The molecule has 1 rings (SSSR count). The number of hydrogen-bond acceptors (Lipinski definition) is 2. The lowest BCUT2D eigenvalue weighted by Gasteiger charge is -2.21. The SMILES string of the molecule is C=CCN(CC=C)Cc1ccc(CCNC(C)(C)C)cc1. The molecule has 0 saturated heterocycles. The predicted molar refractivity (Wildman–Crippen MR) is 93.6 cm³/mol. The molecule has 1 aromatic carbocycles. The summed E-state index contributed by atoms with van der Waals surface area (Å²) in [6.07, 6.45) is 4.95. The number of benzene rings is 1. The molecule has 0 heterocycles. The van der Waals surface area contributed by atoms with Gasteiger partial charge in [-0.25, -0.2) is 0 Å². The molecular weight excluding hydrogens is 256 g/mol. The molecule has 0 saturated carbocycles. The Morgan fingerprint density at radius 3 is 2.00 bits per heavy atom. The molecule has 2 heteroatoms. The van der Waals surface area contributed by atoms with Gasteiger partial charge < -0.3 is 5.32 Å². The molecule has 0 unspecified atom stereocenters. The van der Waals surface area contributed by atoms with Crippen LogP contribution in [-0.4, -0.2) is 30.1 Å². The van der Waals surface area contributed by atoms with Crippen molar-refractivity contribution in [1.82, 2.24) is 10.2 Å². The topological polar surface area (TPSA) is 15.3 Å². The van der Waals surface area contributed by atoms with Gasteiger partial charge in [0.2, 0.25) is 0 Å². The number of nitrogens with zero attached hydrogens (tertiary/aromatic N) is 1. The van der Waals surface area contributed by atoms with Gasteiger partial charge >= 0.3 is 0 Å². The third kappa shape index (κ3) is 7.84. The number of nitrogens with one attached hydrogen (secondary N) is 1. The van der Waals surface area contributed by atoms with Crippen LogP contribution in [0.2, 0.25) is 0 Å². The van der Waals surface area contributed by atoms with Gasteiger partial charge in [0.15, 0.2) is 0 Å². The maximum atomic E-state index is 3.81. The van der Waals surface area contributed by atoms with Gasteiger partial charge in [-0.15, -0.1) is 13.2 Å². The Morgan fingerprint density at radius 2 is 1.52 bits per heavy atom. The molecule has 0 atom stereocenters. The van der Waals surface area contributed by atoms with E-state index in [0.29, 0.717) is 0 Å². The minimum Gasteiger partial charge on any atom is -0.312 e. The third-order valence-corrected chi connectivity index (χ3v) is 3.27. The Labute approximate surface area is 130 Å². The Morgan fingerprint density at radius 1 is 1.00 bits per heavy atom. The maximum absolute atomic E-state index is 3.81. The first-order chi connectivity index (χ1) is 9.94. The summed E-state index contributed by atoms with van der Waals surface area (Å²) in [5.74, 6) is 0. The highest BCUT2D eigenvalue weighted by atomic mass is 15.1. The standard InChI is InChI=1S/C19H30N2/c1-6-14-21(15-7-2)16-18-10-8-17(9-11-18)12-13-20-19(3,4)5/h6-11,20H,1-2,12-16H2,3-5H3. The highest BCUT2D eigenvalue weighted by molar-refractivity contribution is 5.23. The minimum atomic E-state index is 0.190. The van der Waals surface area contributed by atoms with Crippen LogP contribution in [0.1, 0.15) is 31.9 Å². The van der Waals surface area contributed by atoms with Gasteiger partial charge in [0, 0.05) is 25.2 Å². The Kier molecular flexibility index (Phi) is 7.41. The Balaban J connectivity index is 2.49. The predicted octanol–water partition coefficient (Wildman–Crippen LogP) is 3.79. The summed E-state index contributed by atoms with van der Waals surface area (Å²) < 4.78 is 0. The molecular formula is C19H30N2. The van der Waals surface area contributed by atoms with Crippen LogP contribution < -0.4 is 5.32 Å². The molecule has 0 aromatic heterocycles. The van der Waals surface area contributed by atoms with Gasteiger partial charge in [0.1, 0.15) is 0 Å². The van der Waals surface area contributed by atoms with E-state index in [2.05, 4.69) is 68.4 Å². The second-order valence-corrected chi connectivity index (χ2v) is 6.51. The highest BCUT2D eigenvalue weighted by Gasteiger charge is 2.07. The van der Waals surface area contributed by atoms with Crippen molar-refractivity contribution in [2.45, 2.75) is 39.3 Å². The number of hydrogen-bond donors (Lipinski definition) is 1. The molecule has 1 aromatic rings. The molecule has 0 fully saturated rings. The van der Waals surface area contributed by atoms with E-state index in [1.807, 2.05) is 12.2 Å². The average molecular weight is 286 g/mol. The van der Waals surface area contributed by atoms with Gasteiger partial charge in [0.25, 0.3) is 0 Å². The normalized spacial score (nSPS) is 11.6. The molecule has 1 N–H and O–H groups in total. The van der Waals surface area contributed by atoms with E-state index in [4.69, 9.17) is 0 Å². The van der Waals surface area contributed by atoms with Crippen LogP contribution >= 0.6 is 0 Å². The van der Waals surface area contributed by atoms with Crippen molar-refractivity contribution in [3.63, 3.8) is 0 Å². The first kappa shape index (κ1) is 17.7. The van der Waals surface area contributed by atoms with E-state index < -0.39 is 0 Å². The highest BCUT2D eigenvalue weighted by Crippen LogP contribution is 2.09. The van der Waals surface area contributed by atoms with Crippen molar-refractivity contribution in [3.8, 4) is 0 Å². The summed E-state index contributed by atoms with van der Waals surface area (Å²) in [6.45, 7) is 18.0. The summed E-state index contributed by atoms with van der Waals surface area (Å²) in [7, 11) is 0. The fourth-order valence-electron chi connectivity index (χ4n) is 2.22. The summed E-state index contributed by atoms with van der Waals surface area (Å²) in [6, 6.07) is 8.93. The first-order valence-corrected chi connectivity index (χ1v) is 7.71. The summed E-state index contributed by atoms with van der Waals surface area (Å²) in [4.78, 5) is 2.32. The molecule has 2 nitrogen and oxygen atoms in total. The zero-order valence-electron chi connectivity index (χ0n) is 13.9. The van der Waals surface area contributed by atoms with Gasteiger partial charge in [-0.1, -0.05) is 36.4 Å². The lowest BCUT2D eigenvalue weighted by molar-refractivity contribution is 0.328. The number of rotatable bonds is 9. The van der Waals surface area contributed by atoms with Crippen LogP contribution in [0.4, 0.5) is 0 Å². The monoisotopic (exact) mass is 286 g/mol. The van der Waals surface area contributed by atoms with Crippen LogP contribution in [0.5, 0.6) is 0 Å². The maximum Gasteiger partial charge on any atom is 0.0240 e.